The number of ether oxygens (including phenoxy) is 1. The van der Waals surface area contributed by atoms with Gasteiger partial charge < -0.3 is 14.9 Å². The van der Waals surface area contributed by atoms with Crippen molar-refractivity contribution in [2.75, 3.05) is 13.2 Å². The Kier molecular flexibility index (Phi) is 5.58. The number of Topliss-reactive ketones (excluding diaryl/α,β-unsaturated/α-hetero) is 1. The van der Waals surface area contributed by atoms with Crippen molar-refractivity contribution in [3.8, 4) is 5.75 Å². The molecule has 0 amide bonds. The zero-order chi connectivity index (χ0) is 21.8. The van der Waals surface area contributed by atoms with Gasteiger partial charge in [-0.15, -0.1) is 11.3 Å². The Morgan fingerprint density at radius 1 is 1.27 bits per heavy atom. The fraction of sp³-hybridized carbons (Fsp3) is 0.560. The van der Waals surface area contributed by atoms with Crippen LogP contribution in [0.2, 0.25) is 0 Å². The Hall–Kier alpha value is -1.69. The van der Waals surface area contributed by atoms with Crippen molar-refractivity contribution in [1.29, 1.82) is 0 Å². The third-order valence-electron chi connectivity index (χ3n) is 7.06. The minimum absolute atomic E-state index is 0.0671. The van der Waals surface area contributed by atoms with Crippen LogP contribution >= 0.6 is 11.3 Å². The molecular weight excluding hydrogens is 396 g/mol. The second kappa shape index (κ2) is 7.77. The van der Waals surface area contributed by atoms with Crippen molar-refractivity contribution < 1.29 is 19.7 Å². The number of thiophene rings is 1. The van der Waals surface area contributed by atoms with Gasteiger partial charge in [-0.1, -0.05) is 26.0 Å². The van der Waals surface area contributed by atoms with Crippen molar-refractivity contribution in [3.05, 3.63) is 49.7 Å². The number of ketones is 1. The summed E-state index contributed by atoms with van der Waals surface area (Å²) in [6, 6.07) is 4.12. The molecule has 2 aliphatic rings. The van der Waals surface area contributed by atoms with Gasteiger partial charge in [-0.05, 0) is 78.7 Å². The smallest absolute Gasteiger partial charge is 0.173 e. The summed E-state index contributed by atoms with van der Waals surface area (Å²) < 4.78 is 5.68. The molecule has 3 atom stereocenters. The van der Waals surface area contributed by atoms with Gasteiger partial charge in [0.05, 0.1) is 11.5 Å². The molecule has 0 radical (unpaired) electrons. The third-order valence-corrected chi connectivity index (χ3v) is 8.27. The van der Waals surface area contributed by atoms with Gasteiger partial charge in [0.25, 0.3) is 0 Å². The lowest BCUT2D eigenvalue weighted by molar-refractivity contribution is 0.0531. The van der Waals surface area contributed by atoms with Crippen LogP contribution in [0.15, 0.2) is 12.1 Å². The topological polar surface area (TPSA) is 66.8 Å². The number of rotatable bonds is 8. The van der Waals surface area contributed by atoms with Gasteiger partial charge in [0, 0.05) is 11.3 Å². The van der Waals surface area contributed by atoms with Crippen molar-refractivity contribution in [3.63, 3.8) is 0 Å². The molecule has 2 aromatic rings. The average molecular weight is 429 g/mol. The van der Waals surface area contributed by atoms with Crippen LogP contribution in [-0.2, 0) is 12.8 Å². The average Bonchev–Trinajstić information content (AvgIpc) is 3.02. The van der Waals surface area contributed by atoms with Gasteiger partial charge >= 0.3 is 0 Å². The predicted molar refractivity (Wildman–Crippen MR) is 120 cm³/mol. The summed E-state index contributed by atoms with van der Waals surface area (Å²) in [5.74, 6) is 2.40. The second-order valence-corrected chi connectivity index (χ2v) is 10.8. The molecule has 4 nitrogen and oxygen atoms in total. The molecule has 2 N–H and O–H groups in total. The van der Waals surface area contributed by atoms with Gasteiger partial charge in [-0.25, -0.2) is 0 Å². The minimum atomic E-state index is -0.881. The van der Waals surface area contributed by atoms with Gasteiger partial charge in [-0.3, -0.25) is 4.79 Å². The first kappa shape index (κ1) is 21.5. The number of carbonyl (C=O) groups excluding carboxylic acids is 1. The largest absolute Gasteiger partial charge is 0.490 e. The first-order valence-corrected chi connectivity index (χ1v) is 11.6. The van der Waals surface area contributed by atoms with Gasteiger partial charge in [0.1, 0.15) is 18.5 Å². The first-order valence-electron chi connectivity index (χ1n) is 10.8. The SMILES string of the molecule is Cc1cc(CCC(=O)c2sc(C)c3c2C[C@@H]2[C@H]3C2(C)C)cc(C)c1OC[C@H](O)CO. The molecule has 2 aliphatic carbocycles. The van der Waals surface area contributed by atoms with Crippen LogP contribution in [-0.4, -0.2) is 35.3 Å². The summed E-state index contributed by atoms with van der Waals surface area (Å²) in [5, 5.41) is 18.5. The normalized spacial score (nSPS) is 21.8. The standard InChI is InChI=1S/C25H32O4S/c1-13-8-16(9-14(2)23(13)29-12-17(27)11-26)6-7-20(28)24-18-10-19-22(25(19,4)5)21(18)15(3)30-24/h8-9,17,19,22,26-27H,6-7,10-12H2,1-5H3/t17-,19-,22-/m1/s1. The maximum atomic E-state index is 13.1. The fourth-order valence-electron chi connectivity index (χ4n) is 5.37. The lowest BCUT2D eigenvalue weighted by Gasteiger charge is -2.16. The summed E-state index contributed by atoms with van der Waals surface area (Å²) in [5.41, 5.74) is 6.33. The van der Waals surface area contributed by atoms with E-state index in [2.05, 4.69) is 32.9 Å². The van der Waals surface area contributed by atoms with Crippen molar-refractivity contribution in [2.24, 2.45) is 11.3 Å². The summed E-state index contributed by atoms with van der Waals surface area (Å²) in [6.45, 7) is 10.6. The number of aliphatic hydroxyl groups excluding tert-OH is 2. The second-order valence-electron chi connectivity index (χ2n) is 9.62. The number of benzene rings is 1. The Labute approximate surface area is 182 Å². The van der Waals surface area contributed by atoms with E-state index in [4.69, 9.17) is 9.84 Å². The lowest BCUT2D eigenvalue weighted by Crippen LogP contribution is -2.21. The number of hydrogen-bond acceptors (Lipinski definition) is 5. The number of aryl methyl sites for hydroxylation is 4. The fourth-order valence-corrected chi connectivity index (χ4v) is 6.57. The van der Waals surface area contributed by atoms with Crippen molar-refractivity contribution in [1.82, 2.24) is 0 Å². The molecule has 1 fully saturated rings. The minimum Gasteiger partial charge on any atom is -0.490 e. The van der Waals surface area contributed by atoms with Crippen LogP contribution in [0.1, 0.15) is 68.6 Å². The van der Waals surface area contributed by atoms with E-state index in [-0.39, 0.29) is 19.0 Å². The number of carbonyl (C=O) groups is 1. The highest BCUT2D eigenvalue weighted by Crippen LogP contribution is 2.71. The molecule has 1 aromatic heterocycles. The molecule has 0 saturated heterocycles. The molecule has 1 heterocycles. The zero-order valence-corrected chi connectivity index (χ0v) is 19.4. The predicted octanol–water partition coefficient (Wildman–Crippen LogP) is 4.52. The summed E-state index contributed by atoms with van der Waals surface area (Å²) in [6.07, 6.45) is 1.42. The molecule has 0 unspecified atom stereocenters. The molecule has 4 rings (SSSR count). The zero-order valence-electron chi connectivity index (χ0n) is 18.5. The van der Waals surface area contributed by atoms with Gasteiger partial charge in [0.15, 0.2) is 5.78 Å². The van der Waals surface area contributed by atoms with Crippen molar-refractivity contribution >= 4 is 17.1 Å². The monoisotopic (exact) mass is 428 g/mol. The van der Waals surface area contributed by atoms with E-state index in [1.54, 1.807) is 11.3 Å². The molecule has 1 aromatic carbocycles. The maximum absolute atomic E-state index is 13.1. The Morgan fingerprint density at radius 3 is 2.57 bits per heavy atom. The number of fused-ring (bicyclic) bond motifs is 3. The molecular formula is C25H32O4S. The van der Waals surface area contributed by atoms with Crippen molar-refractivity contribution in [2.45, 2.75) is 65.9 Å². The van der Waals surface area contributed by atoms with Gasteiger partial charge in [0.2, 0.25) is 0 Å². The Balaban J connectivity index is 1.43. The number of aliphatic hydroxyl groups is 2. The van der Waals surface area contributed by atoms with E-state index in [0.29, 0.717) is 24.2 Å². The maximum Gasteiger partial charge on any atom is 0.173 e. The number of hydrogen-bond donors (Lipinski definition) is 2. The van der Waals surface area contributed by atoms with Crippen LogP contribution in [0, 0.1) is 32.1 Å². The quantitative estimate of drug-likeness (QED) is 0.607. The highest BCUT2D eigenvalue weighted by atomic mass is 32.1. The van der Waals surface area contributed by atoms with E-state index >= 15 is 0 Å². The summed E-state index contributed by atoms with van der Waals surface area (Å²) in [7, 11) is 0. The first-order chi connectivity index (χ1) is 14.1. The van der Waals surface area contributed by atoms with Crippen LogP contribution < -0.4 is 4.74 Å². The molecule has 162 valence electrons. The lowest BCUT2D eigenvalue weighted by atomic mass is 9.93. The van der Waals surface area contributed by atoms with E-state index in [1.165, 1.54) is 16.0 Å². The van der Waals surface area contributed by atoms with Crippen LogP contribution in [0.25, 0.3) is 0 Å². The molecule has 30 heavy (non-hydrogen) atoms. The van der Waals surface area contributed by atoms with Crippen LogP contribution in [0.5, 0.6) is 5.75 Å². The third kappa shape index (κ3) is 3.61. The molecule has 1 saturated carbocycles. The summed E-state index contributed by atoms with van der Waals surface area (Å²) >= 11 is 1.70. The van der Waals surface area contributed by atoms with E-state index in [1.807, 2.05) is 13.8 Å². The highest BCUT2D eigenvalue weighted by molar-refractivity contribution is 7.14. The molecule has 0 spiro atoms. The van der Waals surface area contributed by atoms with E-state index in [9.17, 15) is 9.90 Å². The van der Waals surface area contributed by atoms with Crippen LogP contribution in [0.4, 0.5) is 0 Å². The van der Waals surface area contributed by atoms with Gasteiger partial charge in [-0.2, -0.15) is 0 Å². The molecule has 0 bridgehead atoms. The van der Waals surface area contributed by atoms with E-state index in [0.717, 1.165) is 39.7 Å². The molecule has 0 aliphatic heterocycles. The Morgan fingerprint density at radius 2 is 1.93 bits per heavy atom. The Bertz CT molecular complexity index is 964. The molecule has 5 heteroatoms. The van der Waals surface area contributed by atoms with Crippen LogP contribution in [0.3, 0.4) is 0 Å². The van der Waals surface area contributed by atoms with E-state index < -0.39 is 6.10 Å². The highest BCUT2D eigenvalue weighted by Gasteiger charge is 2.63. The summed E-state index contributed by atoms with van der Waals surface area (Å²) in [4.78, 5) is 15.4.